The largest absolute Gasteiger partial charge is 0.484 e. The van der Waals surface area contributed by atoms with Crippen LogP contribution in [0.4, 0.5) is 0 Å². The highest BCUT2D eigenvalue weighted by Gasteiger charge is 2.23. The maximum Gasteiger partial charge on any atom is 0.251 e. The van der Waals surface area contributed by atoms with Crippen molar-refractivity contribution in [3.05, 3.63) is 74.8 Å². The number of fused-ring (bicyclic) bond motifs is 1. The lowest BCUT2D eigenvalue weighted by molar-refractivity contribution is 0.0841. The number of aliphatic hydroxyl groups excluding tert-OH is 1. The van der Waals surface area contributed by atoms with Crippen LogP contribution in [-0.2, 0) is 26.0 Å². The molecule has 0 spiro atoms. The molecule has 1 atom stereocenters. The van der Waals surface area contributed by atoms with Gasteiger partial charge in [-0.05, 0) is 70.7 Å². The molecule has 3 heterocycles. The second-order valence-corrected chi connectivity index (χ2v) is 10.7. The maximum absolute atomic E-state index is 12.6. The first kappa shape index (κ1) is 25.2. The van der Waals surface area contributed by atoms with Crippen LogP contribution in [0, 0.1) is 9.49 Å². The third-order valence-corrected chi connectivity index (χ3v) is 8.18. The first-order valence-corrected chi connectivity index (χ1v) is 13.6. The molecule has 9 heteroatoms. The molecule has 5 rings (SSSR count). The van der Waals surface area contributed by atoms with Crippen LogP contribution in [0.3, 0.4) is 0 Å². The lowest BCUT2D eigenvalue weighted by Gasteiger charge is -2.31. The van der Waals surface area contributed by atoms with Gasteiger partial charge in [-0.3, -0.25) is 14.7 Å². The molecule has 2 N–H and O–H groups in total. The fourth-order valence-electron chi connectivity index (χ4n) is 4.78. The Kier molecular flexibility index (Phi) is 8.18. The van der Waals surface area contributed by atoms with Crippen LogP contribution in [0.5, 0.6) is 5.75 Å². The molecule has 2 aliphatic rings. The van der Waals surface area contributed by atoms with Crippen LogP contribution in [0.1, 0.15) is 52.2 Å². The van der Waals surface area contributed by atoms with Crippen molar-refractivity contribution in [2.45, 2.75) is 51.4 Å². The van der Waals surface area contributed by atoms with Crippen LogP contribution >= 0.6 is 22.6 Å². The summed E-state index contributed by atoms with van der Waals surface area (Å²) in [5, 5.41) is 13.5. The first-order valence-electron chi connectivity index (χ1n) is 12.5. The Morgan fingerprint density at radius 3 is 3.00 bits per heavy atom. The van der Waals surface area contributed by atoms with Crippen LogP contribution in [0.25, 0.3) is 0 Å². The second kappa shape index (κ2) is 11.7. The molecule has 1 fully saturated rings. The molecule has 190 valence electrons. The minimum absolute atomic E-state index is 0.164. The summed E-state index contributed by atoms with van der Waals surface area (Å²) in [5.41, 5.74) is 4.11. The molecular formula is C27H31IN4O4. The van der Waals surface area contributed by atoms with Gasteiger partial charge in [0.2, 0.25) is 0 Å². The van der Waals surface area contributed by atoms with Gasteiger partial charge < -0.3 is 19.6 Å². The zero-order valence-electron chi connectivity index (χ0n) is 20.2. The maximum atomic E-state index is 12.6. The number of ether oxygens (including phenoxy) is 1. The molecule has 1 amide bonds. The van der Waals surface area contributed by atoms with Crippen LogP contribution < -0.4 is 10.1 Å². The molecule has 3 aromatic rings. The number of rotatable bonds is 10. The molecule has 0 bridgehead atoms. The van der Waals surface area contributed by atoms with E-state index in [1.807, 2.05) is 12.1 Å². The number of nitrogens with one attached hydrogen (secondary N) is 1. The van der Waals surface area contributed by atoms with E-state index in [2.05, 4.69) is 48.8 Å². The van der Waals surface area contributed by atoms with E-state index in [9.17, 15) is 9.90 Å². The molecule has 1 saturated carbocycles. The van der Waals surface area contributed by atoms with E-state index in [-0.39, 0.29) is 12.5 Å². The number of nitrogens with zero attached hydrogens (tertiary/aromatic N) is 3. The van der Waals surface area contributed by atoms with Gasteiger partial charge in [0, 0.05) is 43.6 Å². The number of β-amino-alcohol motifs (C(OH)–C–C–N with tert-alkyl or cyclic N) is 1. The van der Waals surface area contributed by atoms with Gasteiger partial charge in [0.1, 0.15) is 12.4 Å². The average molecular weight is 602 g/mol. The Hall–Kier alpha value is -2.50. The molecule has 2 aromatic heterocycles. The van der Waals surface area contributed by atoms with Crippen molar-refractivity contribution in [2.75, 3.05) is 19.6 Å². The number of aliphatic hydroxyl groups is 1. The average Bonchev–Trinajstić information content (AvgIpc) is 3.38. The van der Waals surface area contributed by atoms with E-state index < -0.39 is 6.10 Å². The number of oxazole rings is 1. The molecule has 1 aliphatic heterocycles. The van der Waals surface area contributed by atoms with Gasteiger partial charge in [-0.25, -0.2) is 4.98 Å². The Morgan fingerprint density at radius 1 is 1.33 bits per heavy atom. The van der Waals surface area contributed by atoms with Crippen LogP contribution in [-0.4, -0.2) is 51.6 Å². The summed E-state index contributed by atoms with van der Waals surface area (Å²) >= 11 is 2.35. The van der Waals surface area contributed by atoms with Crippen molar-refractivity contribution < 1.29 is 19.1 Å². The van der Waals surface area contributed by atoms with Crippen molar-refractivity contribution in [1.82, 2.24) is 20.2 Å². The summed E-state index contributed by atoms with van der Waals surface area (Å²) in [7, 11) is 0. The molecule has 0 radical (unpaired) electrons. The molecule has 1 aliphatic carbocycles. The Labute approximate surface area is 224 Å². The fraction of sp³-hybridized carbons (Fsp3) is 0.444. The van der Waals surface area contributed by atoms with Gasteiger partial charge in [-0.15, -0.1) is 0 Å². The zero-order valence-corrected chi connectivity index (χ0v) is 22.3. The van der Waals surface area contributed by atoms with Gasteiger partial charge in [0.15, 0.2) is 12.2 Å². The predicted molar refractivity (Wildman–Crippen MR) is 143 cm³/mol. The molecule has 36 heavy (non-hydrogen) atoms. The van der Waals surface area contributed by atoms with Crippen LogP contribution in [0.15, 0.2) is 47.5 Å². The number of halogens is 1. The minimum atomic E-state index is -0.643. The van der Waals surface area contributed by atoms with E-state index in [0.29, 0.717) is 30.4 Å². The van der Waals surface area contributed by atoms with Crippen molar-refractivity contribution >= 4 is 28.5 Å². The number of carbonyl (C=O) groups is 1. The van der Waals surface area contributed by atoms with E-state index in [0.717, 1.165) is 40.9 Å². The normalized spacial score (nSPS) is 16.7. The van der Waals surface area contributed by atoms with Crippen molar-refractivity contribution in [3.63, 3.8) is 0 Å². The number of benzene rings is 1. The zero-order chi connectivity index (χ0) is 24.9. The van der Waals surface area contributed by atoms with Crippen molar-refractivity contribution in [2.24, 2.45) is 5.92 Å². The number of aromatic nitrogens is 2. The van der Waals surface area contributed by atoms with Gasteiger partial charge in [0.25, 0.3) is 5.91 Å². The van der Waals surface area contributed by atoms with E-state index in [1.165, 1.54) is 36.8 Å². The third-order valence-electron chi connectivity index (χ3n) is 7.00. The topological polar surface area (TPSA) is 101 Å². The van der Waals surface area contributed by atoms with E-state index in [1.54, 1.807) is 18.5 Å². The lowest BCUT2D eigenvalue weighted by Crippen LogP contribution is -2.42. The fourth-order valence-corrected chi connectivity index (χ4v) is 5.73. The number of hydrogen-bond acceptors (Lipinski definition) is 7. The monoisotopic (exact) mass is 602 g/mol. The first-order chi connectivity index (χ1) is 17.5. The highest BCUT2D eigenvalue weighted by molar-refractivity contribution is 14.1. The molecular weight excluding hydrogens is 571 g/mol. The molecule has 1 aromatic carbocycles. The summed E-state index contributed by atoms with van der Waals surface area (Å²) in [6, 6.07) is 7.70. The number of pyridine rings is 1. The predicted octanol–water partition coefficient (Wildman–Crippen LogP) is 3.74. The molecule has 8 nitrogen and oxygen atoms in total. The Morgan fingerprint density at radius 2 is 2.22 bits per heavy atom. The standard InChI is InChI=1S/C27H31IN4O4/c28-26-24-7-9-32(14-20(24)4-5-25(26)35-16-23-13-29-17-36-23)15-22(33)12-31-27(34)19-6-8-30-21(11-19)10-18-2-1-3-18/h4-6,8,11,13,17-18,22,33H,1-3,7,9-10,12,14-16H2,(H,31,34)/t22-/m0/s1. The van der Waals surface area contributed by atoms with Gasteiger partial charge in [0.05, 0.1) is 15.9 Å². The highest BCUT2D eigenvalue weighted by atomic mass is 127. The minimum Gasteiger partial charge on any atom is -0.484 e. The summed E-state index contributed by atoms with van der Waals surface area (Å²) in [6.45, 7) is 2.67. The highest BCUT2D eigenvalue weighted by Crippen LogP contribution is 2.32. The summed E-state index contributed by atoms with van der Waals surface area (Å²) < 4.78 is 12.3. The Balaban J connectivity index is 1.10. The van der Waals surface area contributed by atoms with Gasteiger partial charge in [-0.1, -0.05) is 25.3 Å². The van der Waals surface area contributed by atoms with Gasteiger partial charge >= 0.3 is 0 Å². The summed E-state index contributed by atoms with van der Waals surface area (Å²) in [5.74, 6) is 2.07. The molecule has 0 saturated heterocycles. The summed E-state index contributed by atoms with van der Waals surface area (Å²) in [4.78, 5) is 23.2. The summed E-state index contributed by atoms with van der Waals surface area (Å²) in [6.07, 6.45) is 9.74. The Bertz CT molecular complexity index is 1180. The quantitative estimate of drug-likeness (QED) is 0.341. The number of carbonyl (C=O) groups excluding carboxylic acids is 1. The van der Waals surface area contributed by atoms with E-state index in [4.69, 9.17) is 9.15 Å². The second-order valence-electron chi connectivity index (χ2n) is 9.66. The number of hydrogen-bond donors (Lipinski definition) is 2. The van der Waals surface area contributed by atoms with Gasteiger partial charge in [-0.2, -0.15) is 0 Å². The lowest BCUT2D eigenvalue weighted by atomic mass is 9.82. The van der Waals surface area contributed by atoms with Crippen molar-refractivity contribution in [3.8, 4) is 5.75 Å². The van der Waals surface area contributed by atoms with E-state index >= 15 is 0 Å². The van der Waals surface area contributed by atoms with Crippen LogP contribution in [0.2, 0.25) is 0 Å². The SMILES string of the molecule is O=C(NC[C@H](O)CN1CCc2c(ccc(OCc3cnco3)c2I)C1)c1ccnc(CC2CCC2)c1. The van der Waals surface area contributed by atoms with Crippen molar-refractivity contribution in [1.29, 1.82) is 0 Å². The molecule has 0 unspecified atom stereocenters. The number of amides is 1. The smallest absolute Gasteiger partial charge is 0.251 e. The third kappa shape index (κ3) is 6.24.